The second kappa shape index (κ2) is 6.20. The molecule has 5 rings (SSSR count). The SMILES string of the molecule is O=C1NC2(CC(c3ccccc3Cl)C2)C(=O)N1C1=CN=CC2CCCCC12. The number of nitrogens with zero attached hydrogens (tertiary/aromatic N) is 2. The first kappa shape index (κ1) is 17.0. The Morgan fingerprint density at radius 1 is 1.15 bits per heavy atom. The highest BCUT2D eigenvalue weighted by Gasteiger charge is 2.60. The fourth-order valence-electron chi connectivity index (χ4n) is 5.19. The van der Waals surface area contributed by atoms with E-state index in [2.05, 4.69) is 10.3 Å². The number of fused-ring (bicyclic) bond motifs is 1. The molecule has 0 bridgehead atoms. The predicted molar refractivity (Wildman–Crippen MR) is 104 cm³/mol. The number of nitrogens with one attached hydrogen (secondary N) is 1. The van der Waals surface area contributed by atoms with Gasteiger partial charge < -0.3 is 5.32 Å². The number of aliphatic imine (C=N–C) groups is 1. The van der Waals surface area contributed by atoms with Gasteiger partial charge in [0.25, 0.3) is 5.91 Å². The van der Waals surface area contributed by atoms with Crippen molar-refractivity contribution in [2.24, 2.45) is 16.8 Å². The quantitative estimate of drug-likeness (QED) is 0.776. The average Bonchev–Trinajstić information content (AvgIpc) is 2.91. The van der Waals surface area contributed by atoms with Crippen molar-refractivity contribution in [1.29, 1.82) is 0 Å². The molecule has 2 heterocycles. The minimum atomic E-state index is -0.785. The number of carbonyl (C=O) groups excluding carboxylic acids is 2. The van der Waals surface area contributed by atoms with Gasteiger partial charge in [-0.2, -0.15) is 0 Å². The molecule has 1 spiro atoms. The summed E-state index contributed by atoms with van der Waals surface area (Å²) in [5.74, 6) is 0.640. The van der Waals surface area contributed by atoms with Gasteiger partial charge in [-0.3, -0.25) is 9.79 Å². The third kappa shape index (κ3) is 2.55. The molecule has 27 heavy (non-hydrogen) atoms. The number of carbonyl (C=O) groups is 2. The van der Waals surface area contributed by atoms with E-state index in [0.717, 1.165) is 35.5 Å². The minimum Gasteiger partial charge on any atom is -0.323 e. The fourth-order valence-corrected chi connectivity index (χ4v) is 5.48. The van der Waals surface area contributed by atoms with Gasteiger partial charge in [-0.05, 0) is 43.2 Å². The summed E-state index contributed by atoms with van der Waals surface area (Å²) in [6.07, 6.45) is 9.31. The van der Waals surface area contributed by atoms with Crippen LogP contribution in [0.3, 0.4) is 0 Å². The van der Waals surface area contributed by atoms with Crippen LogP contribution in [0.15, 0.2) is 41.2 Å². The summed E-state index contributed by atoms with van der Waals surface area (Å²) >= 11 is 6.31. The van der Waals surface area contributed by atoms with Crippen molar-refractivity contribution < 1.29 is 9.59 Å². The zero-order valence-electron chi connectivity index (χ0n) is 15.0. The summed E-state index contributed by atoms with van der Waals surface area (Å²) in [6, 6.07) is 7.44. The van der Waals surface area contributed by atoms with Crippen LogP contribution in [0.25, 0.3) is 0 Å². The van der Waals surface area contributed by atoms with Gasteiger partial charge >= 0.3 is 6.03 Å². The first-order valence-corrected chi connectivity index (χ1v) is 10.1. The van der Waals surface area contributed by atoms with Gasteiger partial charge in [0.05, 0.1) is 5.70 Å². The zero-order chi connectivity index (χ0) is 18.6. The number of hydrogen-bond acceptors (Lipinski definition) is 3. The molecule has 1 aromatic rings. The second-order valence-corrected chi connectivity index (χ2v) is 8.59. The van der Waals surface area contributed by atoms with E-state index in [1.165, 1.54) is 11.3 Å². The van der Waals surface area contributed by atoms with Crippen LogP contribution in [0.4, 0.5) is 4.79 Å². The van der Waals surface area contributed by atoms with Gasteiger partial charge in [-0.1, -0.05) is 42.6 Å². The Bertz CT molecular complexity index is 872. The average molecular weight is 384 g/mol. The lowest BCUT2D eigenvalue weighted by molar-refractivity contribution is -0.133. The van der Waals surface area contributed by atoms with E-state index in [1.807, 2.05) is 30.5 Å². The number of rotatable bonds is 2. The van der Waals surface area contributed by atoms with Crippen molar-refractivity contribution in [3.05, 3.63) is 46.7 Å². The van der Waals surface area contributed by atoms with Crippen LogP contribution in [0.1, 0.15) is 50.0 Å². The van der Waals surface area contributed by atoms with Crippen molar-refractivity contribution in [3.8, 4) is 0 Å². The van der Waals surface area contributed by atoms with E-state index in [0.29, 0.717) is 18.8 Å². The number of urea groups is 1. The number of hydrogen-bond donors (Lipinski definition) is 1. The normalized spacial score (nSPS) is 34.9. The summed E-state index contributed by atoms with van der Waals surface area (Å²) < 4.78 is 0. The molecule has 2 saturated carbocycles. The molecular formula is C21H22ClN3O2. The Balaban J connectivity index is 1.38. The molecule has 1 saturated heterocycles. The Hall–Kier alpha value is -2.14. The summed E-state index contributed by atoms with van der Waals surface area (Å²) in [4.78, 5) is 31.7. The Kier molecular flexibility index (Phi) is 3.90. The maximum absolute atomic E-state index is 13.3. The Morgan fingerprint density at radius 2 is 1.93 bits per heavy atom. The lowest BCUT2D eigenvalue weighted by atomic mass is 9.65. The van der Waals surface area contributed by atoms with Gasteiger partial charge in [0.1, 0.15) is 5.54 Å². The van der Waals surface area contributed by atoms with E-state index in [1.54, 1.807) is 6.20 Å². The van der Waals surface area contributed by atoms with Crippen molar-refractivity contribution >= 4 is 29.8 Å². The first-order valence-electron chi connectivity index (χ1n) is 9.73. The second-order valence-electron chi connectivity index (χ2n) is 8.19. The molecule has 3 amide bonds. The van der Waals surface area contributed by atoms with Gasteiger partial charge in [-0.25, -0.2) is 9.69 Å². The minimum absolute atomic E-state index is 0.122. The van der Waals surface area contributed by atoms with Crippen LogP contribution in [-0.4, -0.2) is 28.6 Å². The largest absolute Gasteiger partial charge is 0.329 e. The van der Waals surface area contributed by atoms with Crippen LogP contribution in [0.5, 0.6) is 0 Å². The predicted octanol–water partition coefficient (Wildman–Crippen LogP) is 4.24. The van der Waals surface area contributed by atoms with Crippen LogP contribution < -0.4 is 5.32 Å². The maximum atomic E-state index is 13.3. The highest BCUT2D eigenvalue weighted by molar-refractivity contribution is 6.31. The summed E-state index contributed by atoms with van der Waals surface area (Å²) in [5.41, 5.74) is 1.05. The third-order valence-electron chi connectivity index (χ3n) is 6.64. The molecule has 0 radical (unpaired) electrons. The van der Waals surface area contributed by atoms with Gasteiger partial charge in [-0.15, -0.1) is 0 Å². The lowest BCUT2D eigenvalue weighted by Crippen LogP contribution is -2.56. The molecule has 2 aliphatic heterocycles. The molecule has 1 aromatic carbocycles. The number of imide groups is 1. The van der Waals surface area contributed by atoms with E-state index < -0.39 is 5.54 Å². The van der Waals surface area contributed by atoms with Gasteiger partial charge in [0, 0.05) is 29.3 Å². The Labute approximate surface area is 163 Å². The van der Waals surface area contributed by atoms with Crippen molar-refractivity contribution in [3.63, 3.8) is 0 Å². The molecule has 2 atom stereocenters. The molecule has 0 aromatic heterocycles. The standard InChI is InChI=1S/C21H22ClN3O2/c22-17-8-4-3-6-15(17)14-9-21(10-14)19(26)25(20(27)24-21)18-12-23-11-13-5-1-2-7-16(13)18/h3-4,6,8,11-14,16H,1-2,5,7,9-10H2,(H,24,27). The molecule has 6 heteroatoms. The number of amides is 3. The molecule has 140 valence electrons. The van der Waals surface area contributed by atoms with Crippen LogP contribution in [0, 0.1) is 11.8 Å². The monoisotopic (exact) mass is 383 g/mol. The van der Waals surface area contributed by atoms with E-state index in [9.17, 15) is 9.59 Å². The number of halogens is 1. The summed E-state index contributed by atoms with van der Waals surface area (Å²) in [6.45, 7) is 0. The van der Waals surface area contributed by atoms with Crippen molar-refractivity contribution in [2.45, 2.75) is 50.0 Å². The van der Waals surface area contributed by atoms with Crippen LogP contribution in [-0.2, 0) is 4.79 Å². The van der Waals surface area contributed by atoms with Gasteiger partial charge in [0.15, 0.2) is 0 Å². The number of allylic oxidation sites excluding steroid dienone is 1. The fraction of sp³-hybridized carbons (Fsp3) is 0.476. The molecule has 1 N–H and O–H groups in total. The van der Waals surface area contributed by atoms with Crippen LogP contribution >= 0.6 is 11.6 Å². The zero-order valence-corrected chi connectivity index (χ0v) is 15.8. The Morgan fingerprint density at radius 3 is 2.74 bits per heavy atom. The number of benzene rings is 1. The molecular weight excluding hydrogens is 362 g/mol. The van der Waals surface area contributed by atoms with E-state index in [-0.39, 0.29) is 23.8 Å². The molecule has 2 unspecified atom stereocenters. The highest BCUT2D eigenvalue weighted by atomic mass is 35.5. The maximum Gasteiger partial charge on any atom is 0.329 e. The van der Waals surface area contributed by atoms with E-state index in [4.69, 9.17) is 11.6 Å². The summed E-state index contributed by atoms with van der Waals surface area (Å²) in [7, 11) is 0. The summed E-state index contributed by atoms with van der Waals surface area (Å²) in [5, 5.41) is 3.70. The lowest BCUT2D eigenvalue weighted by Gasteiger charge is -2.43. The molecule has 3 fully saturated rings. The molecule has 2 aliphatic carbocycles. The highest BCUT2D eigenvalue weighted by Crippen LogP contribution is 2.50. The molecule has 4 aliphatic rings. The van der Waals surface area contributed by atoms with Gasteiger partial charge in [0.2, 0.25) is 0 Å². The van der Waals surface area contributed by atoms with Crippen molar-refractivity contribution in [2.75, 3.05) is 0 Å². The van der Waals surface area contributed by atoms with E-state index >= 15 is 0 Å². The third-order valence-corrected chi connectivity index (χ3v) is 6.98. The van der Waals surface area contributed by atoms with Crippen molar-refractivity contribution in [1.82, 2.24) is 10.2 Å². The van der Waals surface area contributed by atoms with Crippen LogP contribution in [0.2, 0.25) is 5.02 Å². The topological polar surface area (TPSA) is 61.8 Å². The molecule has 5 nitrogen and oxygen atoms in total. The smallest absolute Gasteiger partial charge is 0.323 e. The first-order chi connectivity index (χ1) is 13.1.